The molecule has 0 atom stereocenters. The molecule has 0 aliphatic carbocycles. The number of carbonyl (C=O) groups is 1. The van der Waals surface area contributed by atoms with Gasteiger partial charge in [-0.15, -0.1) is 0 Å². The van der Waals surface area contributed by atoms with Crippen molar-refractivity contribution in [3.05, 3.63) is 12.2 Å². The van der Waals surface area contributed by atoms with E-state index in [1.54, 1.807) is 0 Å². The van der Waals surface area contributed by atoms with Crippen LogP contribution in [0.3, 0.4) is 0 Å². The maximum atomic E-state index is 13.9. The molecule has 0 saturated carbocycles. The largest absolute Gasteiger partial charge is 0.462 e. The van der Waals surface area contributed by atoms with Crippen LogP contribution in [0.1, 0.15) is 12.8 Å². The number of hydrogen-bond donors (Lipinski definition) is 0. The summed E-state index contributed by atoms with van der Waals surface area (Å²) in [5.41, 5.74) is -1.71. The second-order valence-corrected chi connectivity index (χ2v) is 11.6. The van der Waals surface area contributed by atoms with Crippen LogP contribution in [0.15, 0.2) is 12.2 Å². The van der Waals surface area contributed by atoms with Crippen molar-refractivity contribution < 1.29 is 164 Å². The first kappa shape index (κ1) is 57.8. The van der Waals surface area contributed by atoms with Crippen LogP contribution in [-0.4, -0.2) is 121 Å². The zero-order chi connectivity index (χ0) is 50.1. The summed E-state index contributed by atoms with van der Waals surface area (Å²) in [6.07, 6.45) is -22.8. The molecule has 0 N–H and O–H groups in total. The molecule has 0 rings (SSSR count). The number of halogens is 34. The minimum absolute atomic E-state index is 1.71. The molecule has 0 unspecified atom stereocenters. The number of ether oxygens (including phenoxy) is 2. The van der Waals surface area contributed by atoms with Gasteiger partial charge in [-0.1, -0.05) is 6.58 Å². The van der Waals surface area contributed by atoms with E-state index in [0.29, 0.717) is 0 Å². The second-order valence-electron chi connectivity index (χ2n) is 11.6. The van der Waals surface area contributed by atoms with Gasteiger partial charge in [0.2, 0.25) is 0 Å². The van der Waals surface area contributed by atoms with Crippen molar-refractivity contribution in [2.75, 3.05) is 19.8 Å². The molecule has 0 spiro atoms. The Morgan fingerprint density at radius 2 is 0.541 bits per heavy atom. The zero-order valence-electron chi connectivity index (χ0n) is 27.3. The van der Waals surface area contributed by atoms with Gasteiger partial charge in [-0.3, -0.25) is 0 Å². The molecule has 0 bridgehead atoms. The van der Waals surface area contributed by atoms with Gasteiger partial charge < -0.3 is 9.47 Å². The Bertz CT molecular complexity index is 1570. The molecule has 364 valence electrons. The Morgan fingerprint density at radius 1 is 0.328 bits per heavy atom. The summed E-state index contributed by atoms with van der Waals surface area (Å²) in [4.78, 5) is 11.6. The van der Waals surface area contributed by atoms with Crippen molar-refractivity contribution >= 4 is 5.97 Å². The van der Waals surface area contributed by atoms with E-state index in [2.05, 4.69) is 16.1 Å². The van der Waals surface area contributed by atoms with E-state index < -0.39 is 139 Å². The normalized spacial score (nSPS) is 16.2. The van der Waals surface area contributed by atoms with E-state index in [9.17, 15) is 154 Å². The molecule has 37 heteroatoms. The fraction of sp³-hybridized carbons (Fsp3) is 0.875. The van der Waals surface area contributed by atoms with Crippen LogP contribution >= 0.6 is 0 Å². The van der Waals surface area contributed by atoms with Gasteiger partial charge >= 0.3 is 101 Å². The number of rotatable bonds is 21. The fourth-order valence-corrected chi connectivity index (χ4v) is 3.54. The van der Waals surface area contributed by atoms with E-state index in [-0.39, 0.29) is 0 Å². The molecule has 0 aliphatic heterocycles. The molecule has 61 heavy (non-hydrogen) atoms. The molecule has 0 aromatic heterocycles. The first-order chi connectivity index (χ1) is 26.0. The topological polar surface area (TPSA) is 35.5 Å². The summed E-state index contributed by atoms with van der Waals surface area (Å²) in [7, 11) is 0. The highest BCUT2D eigenvalue weighted by Gasteiger charge is 2.96. The minimum atomic E-state index is -9.00. The Hall–Kier alpha value is -3.21. The second kappa shape index (κ2) is 15.8. The van der Waals surface area contributed by atoms with Crippen molar-refractivity contribution in [1.82, 2.24) is 0 Å². The maximum absolute atomic E-state index is 13.9. The first-order valence-corrected chi connectivity index (χ1v) is 13.9. The van der Waals surface area contributed by atoms with Crippen LogP contribution in [0.4, 0.5) is 149 Å². The van der Waals surface area contributed by atoms with Gasteiger partial charge in [-0.2, -0.15) is 149 Å². The van der Waals surface area contributed by atoms with Gasteiger partial charge in [-0.05, 0) is 0 Å². The predicted octanol–water partition coefficient (Wildman–Crippen LogP) is 11.9. The number of alkyl halides is 34. The van der Waals surface area contributed by atoms with Crippen LogP contribution in [-0.2, 0) is 14.3 Å². The molecular weight excluding hydrogens is 982 g/mol. The number of hydrogen-bond acceptors (Lipinski definition) is 3. The van der Waals surface area contributed by atoms with Crippen molar-refractivity contribution in [2.45, 2.75) is 108 Å². The third-order valence-corrected chi connectivity index (χ3v) is 7.35. The Kier molecular flexibility index (Phi) is 15.0. The molecule has 0 saturated heterocycles. The minimum Gasteiger partial charge on any atom is -0.462 e. The van der Waals surface area contributed by atoms with E-state index in [1.165, 1.54) is 0 Å². The molecule has 3 nitrogen and oxygen atoms in total. The van der Waals surface area contributed by atoms with Crippen LogP contribution in [0.5, 0.6) is 0 Å². The highest BCUT2D eigenvalue weighted by molar-refractivity contribution is 5.87. The Morgan fingerprint density at radius 3 is 0.787 bits per heavy atom. The van der Waals surface area contributed by atoms with Gasteiger partial charge in [0.15, 0.2) is 0 Å². The highest BCUT2D eigenvalue weighted by Crippen LogP contribution is 2.66. The summed E-state index contributed by atoms with van der Waals surface area (Å²) >= 11 is 0. The quantitative estimate of drug-likeness (QED) is 0.0498. The van der Waals surface area contributed by atoms with Gasteiger partial charge in [-0.25, -0.2) is 4.79 Å². The van der Waals surface area contributed by atoms with E-state index in [0.717, 1.165) is 0 Å². The lowest BCUT2D eigenvalue weighted by Gasteiger charge is -2.42. The summed E-state index contributed by atoms with van der Waals surface area (Å²) in [6, 6.07) is 0. The maximum Gasteiger partial charge on any atom is 0.460 e. The van der Waals surface area contributed by atoms with Crippen LogP contribution in [0.25, 0.3) is 0 Å². The van der Waals surface area contributed by atoms with Gasteiger partial charge in [0, 0.05) is 6.42 Å². The van der Waals surface area contributed by atoms with E-state index >= 15 is 0 Å². The highest BCUT2D eigenvalue weighted by atomic mass is 19.4. The summed E-state index contributed by atoms with van der Waals surface area (Å²) in [6.45, 7) is -4.69. The Balaban J connectivity index is 5.95. The fourth-order valence-electron chi connectivity index (χ4n) is 3.54. The summed E-state index contributed by atoms with van der Waals surface area (Å²) < 4.78 is 459. The first-order valence-electron chi connectivity index (χ1n) is 13.9. The van der Waals surface area contributed by atoms with E-state index in [1.807, 2.05) is 0 Å². The molecule has 0 fully saturated rings. The average molecular weight is 994 g/mol. The smallest absolute Gasteiger partial charge is 0.460 e. The third kappa shape index (κ3) is 8.48. The van der Waals surface area contributed by atoms with Gasteiger partial charge in [0.05, 0.1) is 31.8 Å². The monoisotopic (exact) mass is 994 g/mol. The SMILES string of the molecule is C=C(COCCC(F)(F)C(F)(F)C(F)(F)C(F)(F)C(F)(F)C(F)(F)C(F)(F)C(F)(F)F)C(=O)OCCC(F)(F)C(F)(F)C(F)(F)C(F)(F)C(F)(F)C(F)(F)C(F)(F)C(F)(F)F. The number of esters is 1. The third-order valence-electron chi connectivity index (χ3n) is 7.35. The molecule has 0 aromatic carbocycles. The van der Waals surface area contributed by atoms with E-state index in [4.69, 9.17) is 0 Å². The van der Waals surface area contributed by atoms with Gasteiger partial charge in [0.1, 0.15) is 0 Å². The molecule has 0 aromatic rings. The van der Waals surface area contributed by atoms with Crippen LogP contribution in [0.2, 0.25) is 0 Å². The molecule has 0 aliphatic rings. The zero-order valence-corrected chi connectivity index (χ0v) is 27.3. The van der Waals surface area contributed by atoms with Crippen molar-refractivity contribution in [2.24, 2.45) is 0 Å². The lowest BCUT2D eigenvalue weighted by atomic mass is 9.88. The summed E-state index contributed by atoms with van der Waals surface area (Å²) in [5.74, 6) is -121. The molecule has 0 radical (unpaired) electrons. The summed E-state index contributed by atoms with van der Waals surface area (Å²) in [5, 5.41) is 0. The lowest BCUT2D eigenvalue weighted by molar-refractivity contribution is -0.462. The van der Waals surface area contributed by atoms with Gasteiger partial charge in [0.25, 0.3) is 0 Å². The lowest BCUT2D eigenvalue weighted by Crippen LogP contribution is -2.74. The van der Waals surface area contributed by atoms with Crippen molar-refractivity contribution in [1.29, 1.82) is 0 Å². The molecule has 0 amide bonds. The molecule has 0 heterocycles. The van der Waals surface area contributed by atoms with Crippen molar-refractivity contribution in [3.8, 4) is 0 Å². The Labute approximate surface area is 310 Å². The average Bonchev–Trinajstić information content (AvgIpc) is 3.04. The van der Waals surface area contributed by atoms with Crippen molar-refractivity contribution in [3.63, 3.8) is 0 Å². The standard InChI is InChI=1S/C24H12F34O3/c1-7(6-60-4-2-9(25,26)11(29,30)13(33,34)15(37,38)17(41,42)19(45,46)21(49,50)23(53,54)55)8(59)61-5-3-10(27,28)12(31,32)14(35,36)16(39,40)18(43,44)20(47,48)22(51,52)24(56,57)58/h1-6H2. The predicted molar refractivity (Wildman–Crippen MR) is 122 cm³/mol. The number of carbonyl (C=O) groups excluding carboxylic acids is 1. The molecular formula is C24H12F34O3. The van der Waals surface area contributed by atoms with Crippen LogP contribution < -0.4 is 0 Å². The van der Waals surface area contributed by atoms with Crippen LogP contribution in [0, 0.1) is 0 Å².